The van der Waals surface area contributed by atoms with Crippen LogP contribution in [0.15, 0.2) is 60.0 Å². The zero-order chi connectivity index (χ0) is 62.0. The first-order valence-electron chi connectivity index (χ1n) is 30.8. The van der Waals surface area contributed by atoms with Crippen LogP contribution in [-0.4, -0.2) is 198 Å². The third kappa shape index (κ3) is 19.3. The van der Waals surface area contributed by atoms with Gasteiger partial charge in [-0.3, -0.25) is 24.1 Å². The number of aliphatic hydroxyl groups excluding tert-OH is 2. The maximum absolute atomic E-state index is 14.6. The van der Waals surface area contributed by atoms with Crippen LogP contribution in [-0.2, 0) is 58.9 Å². The molecule has 1 aromatic heterocycles. The van der Waals surface area contributed by atoms with Crippen molar-refractivity contribution in [3.05, 3.63) is 65.6 Å². The van der Waals surface area contributed by atoms with Crippen molar-refractivity contribution in [3.63, 3.8) is 0 Å². The molecule has 0 aromatic carbocycles. The van der Waals surface area contributed by atoms with Gasteiger partial charge in [-0.15, -0.1) is 0 Å². The summed E-state index contributed by atoms with van der Waals surface area (Å²) < 4.78 is 35.5. The molecular formula is C63H97N7O15. The fourth-order valence-corrected chi connectivity index (χ4v) is 12.3. The second-order valence-corrected chi connectivity index (χ2v) is 24.2. The smallest absolute Gasteiger partial charge is 0.407 e. The predicted octanol–water partition coefficient (Wildman–Crippen LogP) is 5.10. The summed E-state index contributed by atoms with van der Waals surface area (Å²) in [6.45, 7) is 18.1. The molecule has 6 N–H and O–H groups in total. The fraction of sp³-hybridized carbons (Fsp3) is 0.714. The van der Waals surface area contributed by atoms with E-state index in [-0.39, 0.29) is 56.2 Å². The number of ketones is 3. The number of hydrogen-bond acceptors (Lipinski definition) is 20. The fourth-order valence-electron chi connectivity index (χ4n) is 12.3. The van der Waals surface area contributed by atoms with Gasteiger partial charge in [-0.25, -0.2) is 19.6 Å². The number of piperazine rings is 1. The number of aromatic nitrogens is 2. The minimum absolute atomic E-state index is 0.0136. The summed E-state index contributed by atoms with van der Waals surface area (Å²) >= 11 is 0. The third-order valence-electron chi connectivity index (χ3n) is 17.8. The van der Waals surface area contributed by atoms with E-state index in [1.807, 2.05) is 51.2 Å². The van der Waals surface area contributed by atoms with Gasteiger partial charge in [0.2, 0.25) is 11.7 Å². The van der Waals surface area contributed by atoms with E-state index in [0.29, 0.717) is 76.1 Å². The van der Waals surface area contributed by atoms with Crippen molar-refractivity contribution in [3.8, 4) is 0 Å². The second kappa shape index (κ2) is 33.2. The first-order valence-corrected chi connectivity index (χ1v) is 30.8. The molecule has 22 heteroatoms. The Morgan fingerprint density at radius 2 is 1.59 bits per heavy atom. The second-order valence-electron chi connectivity index (χ2n) is 24.2. The van der Waals surface area contributed by atoms with Crippen LogP contribution < -0.4 is 16.0 Å². The molecule has 474 valence electrons. The monoisotopic (exact) mass is 1190 g/mol. The first-order chi connectivity index (χ1) is 40.6. The molecule has 0 spiro atoms. The SMILES string of the molecule is CCOCCN1CCN(c2ncc(CNC(=O)O[C@@H]3CC[C@@H](C[C@@H](N)[C@@H]4CC(=O)[C@H](C)/C=C(\C)[C@@H](O)[C@@H](O)C(=O)[C@H](C)C[C@H](C)/C=C/C=C/C=C(\C)[C@@H](OC)C[C@@H]5CC[C@@H](C)[C@@](O)(O5)C(=O)C(=O)N5CCCC[C@H]5C(=O)O4)C[C@H]3OC)cn2)CC1. The first kappa shape index (κ1) is 68.8. The van der Waals surface area contributed by atoms with E-state index in [4.69, 9.17) is 34.2 Å². The van der Waals surface area contributed by atoms with Crippen LogP contribution >= 0.6 is 0 Å². The lowest BCUT2D eigenvalue weighted by molar-refractivity contribution is -0.265. The molecule has 6 rings (SSSR count). The van der Waals surface area contributed by atoms with Crippen LogP contribution in [0.3, 0.4) is 0 Å². The van der Waals surface area contributed by atoms with Crippen LogP contribution in [0.2, 0.25) is 0 Å². The zero-order valence-corrected chi connectivity index (χ0v) is 51.6. The Balaban J connectivity index is 1.16. The molecule has 0 radical (unpaired) electrons. The molecule has 3 saturated heterocycles. The number of fused-ring (bicyclic) bond motifs is 3. The van der Waals surface area contributed by atoms with Crippen molar-refractivity contribution >= 4 is 41.3 Å². The normalized spacial score (nSPS) is 34.9. The molecular weight excluding hydrogens is 1090 g/mol. The van der Waals surface area contributed by atoms with Crippen molar-refractivity contribution in [2.75, 3.05) is 71.6 Å². The molecule has 2 amide bonds. The summed E-state index contributed by atoms with van der Waals surface area (Å²) in [5, 5.41) is 37.3. The summed E-state index contributed by atoms with van der Waals surface area (Å²) in [6, 6.07) is -2.21. The topological polar surface area (TPSA) is 292 Å². The molecule has 4 aliphatic heterocycles. The minimum atomic E-state index is -2.49. The molecule has 15 atom stereocenters. The number of ether oxygens (including phenoxy) is 6. The van der Waals surface area contributed by atoms with Crippen LogP contribution in [0.5, 0.6) is 0 Å². The molecule has 5 aliphatic rings. The van der Waals surface area contributed by atoms with Crippen molar-refractivity contribution in [1.29, 1.82) is 0 Å². The number of methoxy groups -OCH3 is 2. The number of aliphatic hydroxyl groups is 3. The molecule has 5 heterocycles. The van der Waals surface area contributed by atoms with Crippen molar-refractivity contribution in [2.24, 2.45) is 35.3 Å². The highest BCUT2D eigenvalue weighted by atomic mass is 16.6. The Labute approximate surface area is 502 Å². The average Bonchev–Trinajstić information content (AvgIpc) is 2.45. The number of anilines is 1. The summed E-state index contributed by atoms with van der Waals surface area (Å²) in [6.07, 6.45) is 10.5. The molecule has 2 bridgehead atoms. The molecule has 1 aliphatic carbocycles. The molecule has 1 aromatic rings. The van der Waals surface area contributed by atoms with E-state index < -0.39 is 114 Å². The quantitative estimate of drug-likeness (QED) is 0.0743. The number of nitrogens with two attached hydrogens (primary N) is 1. The summed E-state index contributed by atoms with van der Waals surface area (Å²) in [7, 11) is 3.08. The number of amides is 2. The van der Waals surface area contributed by atoms with Gasteiger partial charge in [0, 0.05) is 121 Å². The number of Topliss-reactive ketones (excluding diaryl/α,β-unsaturated/α-hetero) is 3. The largest absolute Gasteiger partial charge is 0.459 e. The number of nitrogens with zero attached hydrogens (tertiary/aromatic N) is 5. The standard InChI is InChI=1S/C63H97N7O15/c1-10-82-29-28-68-24-26-69(27-25-68)61-65-36-46(37-66-61)38-67-62(78)84-51-22-20-45(33-54(51)81-9)32-48(64)53-35-50(71)41(4)31-43(6)56(73)57(74)55(72)42(5)30-39(2)16-12-11-13-17-40(3)52(80-8)34-47-21-19-44(7)63(79,85-47)58(75)59(76)70-23-15-14-18-49(70)60(77)83-53/h11-13,16-17,31,36-37,39,41-42,44-45,47-49,51-54,56-57,73-74,79H,10,14-15,18-30,32-35,38,64H2,1-9H3,(H,67,78)/b13-11+,16-12+,40-17+,43-31+/t39-,41-,42-,44-,45+,47+,48-,49+,51-,52+,53+,54-,56-,57+,63-/m1/s1. The number of cyclic esters (lactones) is 1. The van der Waals surface area contributed by atoms with Crippen LogP contribution in [0, 0.1) is 29.6 Å². The highest BCUT2D eigenvalue weighted by molar-refractivity contribution is 6.39. The van der Waals surface area contributed by atoms with Crippen molar-refractivity contribution in [2.45, 2.75) is 193 Å². The Bertz CT molecular complexity index is 2500. The minimum Gasteiger partial charge on any atom is -0.459 e. The van der Waals surface area contributed by atoms with E-state index in [0.717, 1.165) is 43.2 Å². The Morgan fingerprint density at radius 3 is 2.28 bits per heavy atom. The number of rotatable bonds is 13. The van der Waals surface area contributed by atoms with Gasteiger partial charge in [-0.05, 0) is 108 Å². The summed E-state index contributed by atoms with van der Waals surface area (Å²) in [4.78, 5) is 99.1. The Hall–Kier alpha value is -5.30. The van der Waals surface area contributed by atoms with Gasteiger partial charge in [0.15, 0.2) is 5.78 Å². The van der Waals surface area contributed by atoms with Gasteiger partial charge in [0.1, 0.15) is 36.2 Å². The van der Waals surface area contributed by atoms with Gasteiger partial charge in [-0.1, -0.05) is 64.2 Å². The average molecular weight is 1190 g/mol. The zero-order valence-electron chi connectivity index (χ0n) is 51.6. The number of alkyl carbamates (subject to hydrolysis) is 1. The maximum atomic E-state index is 14.6. The van der Waals surface area contributed by atoms with Crippen LogP contribution in [0.1, 0.15) is 131 Å². The lowest BCUT2D eigenvalue weighted by atomic mass is 9.80. The number of hydrogen-bond donors (Lipinski definition) is 5. The number of carbonyl (C=O) groups is 6. The molecule has 1 saturated carbocycles. The van der Waals surface area contributed by atoms with Crippen molar-refractivity contribution in [1.82, 2.24) is 25.1 Å². The van der Waals surface area contributed by atoms with E-state index in [1.165, 1.54) is 20.1 Å². The van der Waals surface area contributed by atoms with Gasteiger partial charge in [0.05, 0.1) is 24.9 Å². The Kier molecular flexibility index (Phi) is 26.8. The van der Waals surface area contributed by atoms with E-state index >= 15 is 0 Å². The summed E-state index contributed by atoms with van der Waals surface area (Å²) in [5.41, 5.74) is 8.73. The van der Waals surface area contributed by atoms with Crippen molar-refractivity contribution < 1.29 is 72.5 Å². The van der Waals surface area contributed by atoms with Crippen LogP contribution in [0.4, 0.5) is 10.7 Å². The predicted molar refractivity (Wildman–Crippen MR) is 317 cm³/mol. The van der Waals surface area contributed by atoms with Gasteiger partial charge in [0.25, 0.3) is 11.7 Å². The molecule has 22 nitrogen and oxygen atoms in total. The third-order valence-corrected chi connectivity index (χ3v) is 17.8. The van der Waals surface area contributed by atoms with Gasteiger partial charge < -0.3 is 64.6 Å². The number of carbonyl (C=O) groups excluding carboxylic acids is 6. The lowest BCUT2D eigenvalue weighted by Gasteiger charge is -2.42. The molecule has 4 fully saturated rings. The number of nitrogens with one attached hydrogen (secondary N) is 1. The van der Waals surface area contributed by atoms with E-state index in [1.54, 1.807) is 40.3 Å². The molecule has 85 heavy (non-hydrogen) atoms. The van der Waals surface area contributed by atoms with Gasteiger partial charge in [-0.2, -0.15) is 0 Å². The number of piperidine rings is 1. The highest BCUT2D eigenvalue weighted by Gasteiger charge is 2.53. The van der Waals surface area contributed by atoms with E-state index in [2.05, 4.69) is 25.1 Å². The molecule has 0 unspecified atom stereocenters. The maximum Gasteiger partial charge on any atom is 0.407 e. The van der Waals surface area contributed by atoms with Crippen LogP contribution in [0.25, 0.3) is 0 Å². The summed E-state index contributed by atoms with van der Waals surface area (Å²) in [5.74, 6) is -8.50. The Morgan fingerprint density at radius 1 is 0.859 bits per heavy atom. The van der Waals surface area contributed by atoms with Gasteiger partial charge >= 0.3 is 12.1 Å². The number of allylic oxidation sites excluding steroid dienone is 6. The number of esters is 1. The highest BCUT2D eigenvalue weighted by Crippen LogP contribution is 2.37. The van der Waals surface area contributed by atoms with E-state index in [9.17, 15) is 44.1 Å². The lowest BCUT2D eigenvalue weighted by Crippen LogP contribution is -2.61.